The number of hydrogen-bond donors (Lipinski definition) is 0. The molecule has 2 heteroatoms. The second-order valence-corrected chi connectivity index (χ2v) is 3.95. The van der Waals surface area contributed by atoms with Gasteiger partial charge in [0.25, 0.3) is 0 Å². The van der Waals surface area contributed by atoms with Crippen molar-refractivity contribution in [3.8, 4) is 0 Å². The minimum atomic E-state index is 0.296. The van der Waals surface area contributed by atoms with E-state index in [1.807, 2.05) is 6.92 Å². The van der Waals surface area contributed by atoms with Crippen molar-refractivity contribution in [2.75, 3.05) is 6.61 Å². The van der Waals surface area contributed by atoms with Crippen LogP contribution in [0.2, 0.25) is 0 Å². The Kier molecular flexibility index (Phi) is 1.71. The van der Waals surface area contributed by atoms with Crippen molar-refractivity contribution in [3.05, 3.63) is 0 Å². The first-order valence-corrected chi connectivity index (χ1v) is 3.68. The molecule has 0 spiro atoms. The molecule has 10 heavy (non-hydrogen) atoms. The van der Waals surface area contributed by atoms with Gasteiger partial charge in [-0.2, -0.15) is 0 Å². The normalized spacial score (nSPS) is 26.0. The first-order valence-electron chi connectivity index (χ1n) is 3.68. The molecule has 1 rings (SSSR count). The third kappa shape index (κ3) is 1.31. The van der Waals surface area contributed by atoms with Gasteiger partial charge in [-0.1, -0.05) is 25.9 Å². The SMILES string of the molecule is CC1=NOCC1C(C)(C)C. The molecule has 1 aliphatic rings. The maximum atomic E-state index is 4.98. The molecule has 1 heterocycles. The van der Waals surface area contributed by atoms with E-state index in [4.69, 9.17) is 4.84 Å². The summed E-state index contributed by atoms with van der Waals surface area (Å²) in [5, 5.41) is 3.90. The van der Waals surface area contributed by atoms with Crippen molar-refractivity contribution in [1.82, 2.24) is 0 Å². The summed E-state index contributed by atoms with van der Waals surface area (Å²) < 4.78 is 0. The average Bonchev–Trinajstić information content (AvgIpc) is 2.11. The molecule has 0 aromatic rings. The average molecular weight is 141 g/mol. The van der Waals surface area contributed by atoms with Crippen LogP contribution in [0, 0.1) is 11.3 Å². The minimum absolute atomic E-state index is 0.296. The quantitative estimate of drug-likeness (QED) is 0.506. The predicted molar refractivity (Wildman–Crippen MR) is 42.0 cm³/mol. The zero-order valence-corrected chi connectivity index (χ0v) is 7.14. The van der Waals surface area contributed by atoms with Gasteiger partial charge >= 0.3 is 0 Å². The molecule has 0 aromatic carbocycles. The highest BCUT2D eigenvalue weighted by atomic mass is 16.6. The van der Waals surface area contributed by atoms with Gasteiger partial charge in [-0.15, -0.1) is 0 Å². The van der Waals surface area contributed by atoms with Gasteiger partial charge in [0, 0.05) is 5.92 Å². The maximum Gasteiger partial charge on any atom is 0.125 e. The highest BCUT2D eigenvalue weighted by molar-refractivity contribution is 5.85. The summed E-state index contributed by atoms with van der Waals surface area (Å²) >= 11 is 0. The van der Waals surface area contributed by atoms with Crippen molar-refractivity contribution >= 4 is 5.71 Å². The molecule has 0 N–H and O–H groups in total. The highest BCUT2D eigenvalue weighted by Gasteiger charge is 2.31. The van der Waals surface area contributed by atoms with Crippen molar-refractivity contribution in [1.29, 1.82) is 0 Å². The van der Waals surface area contributed by atoms with E-state index in [0.29, 0.717) is 11.3 Å². The smallest absolute Gasteiger partial charge is 0.125 e. The molecule has 0 saturated heterocycles. The van der Waals surface area contributed by atoms with Gasteiger partial charge in [0.15, 0.2) is 0 Å². The van der Waals surface area contributed by atoms with Crippen LogP contribution in [0.5, 0.6) is 0 Å². The van der Waals surface area contributed by atoms with Crippen molar-refractivity contribution in [2.24, 2.45) is 16.5 Å². The molecular formula is C8H15NO. The van der Waals surface area contributed by atoms with Gasteiger partial charge in [-0.3, -0.25) is 0 Å². The number of nitrogens with zero attached hydrogens (tertiary/aromatic N) is 1. The van der Waals surface area contributed by atoms with E-state index in [9.17, 15) is 0 Å². The molecule has 1 atom stereocenters. The predicted octanol–water partition coefficient (Wildman–Crippen LogP) is 2.05. The van der Waals surface area contributed by atoms with Crippen molar-refractivity contribution in [2.45, 2.75) is 27.7 Å². The van der Waals surface area contributed by atoms with Gasteiger partial charge in [-0.25, -0.2) is 0 Å². The molecule has 2 nitrogen and oxygen atoms in total. The lowest BCUT2D eigenvalue weighted by molar-refractivity contribution is 0.123. The Morgan fingerprint density at radius 2 is 2.10 bits per heavy atom. The van der Waals surface area contributed by atoms with E-state index in [2.05, 4.69) is 25.9 Å². The Morgan fingerprint density at radius 1 is 1.50 bits per heavy atom. The summed E-state index contributed by atoms with van der Waals surface area (Å²) in [6.45, 7) is 9.43. The van der Waals surface area contributed by atoms with Crippen molar-refractivity contribution in [3.63, 3.8) is 0 Å². The Morgan fingerprint density at radius 3 is 2.30 bits per heavy atom. The fraction of sp³-hybridized carbons (Fsp3) is 0.875. The van der Waals surface area contributed by atoms with Gasteiger partial charge in [0.1, 0.15) is 6.61 Å². The number of oxime groups is 1. The highest BCUT2D eigenvalue weighted by Crippen LogP contribution is 2.30. The summed E-state index contributed by atoms with van der Waals surface area (Å²) in [6.07, 6.45) is 0. The fourth-order valence-corrected chi connectivity index (χ4v) is 1.27. The van der Waals surface area contributed by atoms with E-state index in [1.165, 1.54) is 0 Å². The van der Waals surface area contributed by atoms with Crippen LogP contribution >= 0.6 is 0 Å². The van der Waals surface area contributed by atoms with Crippen LogP contribution in [-0.4, -0.2) is 12.3 Å². The lowest BCUT2D eigenvalue weighted by Crippen LogP contribution is -2.26. The van der Waals surface area contributed by atoms with E-state index in [0.717, 1.165) is 12.3 Å². The largest absolute Gasteiger partial charge is 0.395 e. The zero-order valence-electron chi connectivity index (χ0n) is 7.14. The summed E-state index contributed by atoms with van der Waals surface area (Å²) in [5.74, 6) is 0.507. The van der Waals surface area contributed by atoms with E-state index >= 15 is 0 Å². The summed E-state index contributed by atoms with van der Waals surface area (Å²) in [4.78, 5) is 4.98. The monoisotopic (exact) mass is 141 g/mol. The lowest BCUT2D eigenvalue weighted by Gasteiger charge is -2.24. The zero-order chi connectivity index (χ0) is 7.78. The van der Waals surface area contributed by atoms with Crippen LogP contribution in [0.25, 0.3) is 0 Å². The van der Waals surface area contributed by atoms with Crippen LogP contribution in [0.3, 0.4) is 0 Å². The first-order chi connectivity index (χ1) is 4.52. The summed E-state index contributed by atoms with van der Waals surface area (Å²) in [7, 11) is 0. The Balaban J connectivity index is 2.67. The van der Waals surface area contributed by atoms with Crippen LogP contribution in [0.4, 0.5) is 0 Å². The molecule has 0 fully saturated rings. The third-order valence-electron chi connectivity index (χ3n) is 2.00. The van der Waals surface area contributed by atoms with Gasteiger partial charge in [0.2, 0.25) is 0 Å². The molecule has 1 aliphatic heterocycles. The molecule has 0 radical (unpaired) electrons. The van der Waals surface area contributed by atoms with Crippen LogP contribution in [0.1, 0.15) is 27.7 Å². The Labute approximate surface area is 62.3 Å². The molecular weight excluding hydrogens is 126 g/mol. The summed E-state index contributed by atoms with van der Waals surface area (Å²) in [6, 6.07) is 0. The second-order valence-electron chi connectivity index (χ2n) is 3.95. The molecule has 0 aromatic heterocycles. The van der Waals surface area contributed by atoms with Crippen molar-refractivity contribution < 1.29 is 4.84 Å². The lowest BCUT2D eigenvalue weighted by atomic mass is 9.79. The Hall–Kier alpha value is -0.530. The second kappa shape index (κ2) is 2.26. The van der Waals surface area contributed by atoms with Gasteiger partial charge in [0.05, 0.1) is 5.71 Å². The van der Waals surface area contributed by atoms with Crippen LogP contribution in [0.15, 0.2) is 5.16 Å². The molecule has 1 unspecified atom stereocenters. The number of hydrogen-bond acceptors (Lipinski definition) is 2. The molecule has 0 bridgehead atoms. The van der Waals surface area contributed by atoms with Crippen LogP contribution in [-0.2, 0) is 4.84 Å². The minimum Gasteiger partial charge on any atom is -0.395 e. The number of rotatable bonds is 0. The fourth-order valence-electron chi connectivity index (χ4n) is 1.27. The molecule has 0 amide bonds. The van der Waals surface area contributed by atoms with E-state index in [1.54, 1.807) is 0 Å². The molecule has 58 valence electrons. The third-order valence-corrected chi connectivity index (χ3v) is 2.00. The van der Waals surface area contributed by atoms with Crippen LogP contribution < -0.4 is 0 Å². The van der Waals surface area contributed by atoms with E-state index in [-0.39, 0.29) is 0 Å². The Bertz CT molecular complexity index is 155. The molecule has 0 aliphatic carbocycles. The topological polar surface area (TPSA) is 21.6 Å². The maximum absolute atomic E-state index is 4.98. The first kappa shape index (κ1) is 7.58. The summed E-state index contributed by atoms with van der Waals surface area (Å²) in [5.41, 5.74) is 1.43. The van der Waals surface area contributed by atoms with Gasteiger partial charge < -0.3 is 4.84 Å². The standard InChI is InChI=1S/C8H15NO/c1-6-7(5-10-9-6)8(2,3)4/h7H,5H2,1-4H3. The molecule has 0 saturated carbocycles. The van der Waals surface area contributed by atoms with E-state index < -0.39 is 0 Å². The van der Waals surface area contributed by atoms with Gasteiger partial charge in [-0.05, 0) is 12.3 Å².